The summed E-state index contributed by atoms with van der Waals surface area (Å²) >= 11 is 0. The third-order valence-corrected chi connectivity index (χ3v) is 11.0. The van der Waals surface area contributed by atoms with Crippen molar-refractivity contribution in [2.45, 2.75) is 25.7 Å². The van der Waals surface area contributed by atoms with Crippen molar-refractivity contribution in [3.05, 3.63) is 0 Å². The molecule has 0 aliphatic carbocycles. The average molecular weight is 1320 g/mol. The number of nitrogens with zero attached hydrogens (tertiary/aromatic N) is 1. The van der Waals surface area contributed by atoms with Gasteiger partial charge in [-0.1, -0.05) is 0 Å². The fourth-order valence-electron chi connectivity index (χ4n) is 6.50. The predicted octanol–water partition coefficient (Wildman–Crippen LogP) is -0.127. The van der Waals surface area contributed by atoms with Crippen LogP contribution in [-0.2, 0) is 142 Å². The maximum atomic E-state index is 11.7. The number of amides is 2. The van der Waals surface area contributed by atoms with Crippen molar-refractivity contribution in [2.24, 2.45) is 0 Å². The van der Waals surface area contributed by atoms with E-state index in [-0.39, 0.29) is 45.5 Å². The minimum Gasteiger partial charge on any atom is -0.481 e. The van der Waals surface area contributed by atoms with E-state index in [0.717, 1.165) is 0 Å². The number of carboxylic acid groups (broad SMARTS) is 1. The number of carbonyl (C=O) groups is 4. The second-order valence-corrected chi connectivity index (χ2v) is 18.2. The van der Waals surface area contributed by atoms with Crippen molar-refractivity contribution in [2.75, 3.05) is 330 Å². The minimum absolute atomic E-state index is 0.0126. The molecule has 32 heteroatoms. The fourth-order valence-corrected chi connectivity index (χ4v) is 6.50. The van der Waals surface area contributed by atoms with Gasteiger partial charge in [0.05, 0.1) is 343 Å². The third kappa shape index (κ3) is 68.0. The molecule has 1 heterocycles. The SMILES string of the molecule is O=C(O)CCOCCOCCOCCOCCOCCOCCOCCOCCOCCOCCOCCOCCOCCOCCOCCOCCOCCOCCOCCOCCOCCOCCOCCOCCOCCC(=O)ON1C(=O)CCC1=O. The van der Waals surface area contributed by atoms with Crippen LogP contribution in [0.15, 0.2) is 0 Å². The highest BCUT2D eigenvalue weighted by Crippen LogP contribution is 2.12. The van der Waals surface area contributed by atoms with Crippen molar-refractivity contribution >= 4 is 23.8 Å². The average Bonchev–Trinajstić information content (AvgIpc) is 4.03. The first-order chi connectivity index (χ1) is 44.5. The fraction of sp³-hybridized carbons (Fsp3) is 0.931. The highest BCUT2D eigenvalue weighted by atomic mass is 16.7. The molecule has 0 aromatic heterocycles. The van der Waals surface area contributed by atoms with E-state index in [1.54, 1.807) is 0 Å². The van der Waals surface area contributed by atoms with Gasteiger partial charge < -0.3 is 128 Å². The minimum atomic E-state index is -0.882. The molecule has 0 bridgehead atoms. The van der Waals surface area contributed by atoms with Crippen molar-refractivity contribution < 1.29 is 148 Å². The van der Waals surface area contributed by atoms with Crippen LogP contribution in [-0.4, -0.2) is 364 Å². The summed E-state index contributed by atoms with van der Waals surface area (Å²) in [4.78, 5) is 49.7. The highest BCUT2D eigenvalue weighted by Gasteiger charge is 2.32. The molecule has 1 N–H and O–H groups in total. The monoisotopic (exact) mass is 1320 g/mol. The van der Waals surface area contributed by atoms with Crippen molar-refractivity contribution in [1.29, 1.82) is 0 Å². The van der Waals surface area contributed by atoms with E-state index in [2.05, 4.69) is 0 Å². The number of imide groups is 1. The lowest BCUT2D eigenvalue weighted by Gasteiger charge is -2.12. The van der Waals surface area contributed by atoms with Gasteiger partial charge in [-0.15, -0.1) is 5.06 Å². The van der Waals surface area contributed by atoms with Crippen LogP contribution in [0.1, 0.15) is 25.7 Å². The summed E-state index contributed by atoms with van der Waals surface area (Å²) in [6, 6.07) is 0. The third-order valence-electron chi connectivity index (χ3n) is 11.0. The van der Waals surface area contributed by atoms with Crippen LogP contribution in [0.5, 0.6) is 0 Å². The predicted molar refractivity (Wildman–Crippen MR) is 315 cm³/mol. The Balaban J connectivity index is 1.59. The van der Waals surface area contributed by atoms with Gasteiger partial charge in [-0.2, -0.15) is 0 Å². The molecular formula is C58H109NO31. The maximum Gasteiger partial charge on any atom is 0.335 e. The van der Waals surface area contributed by atoms with E-state index in [1.165, 1.54) is 0 Å². The van der Waals surface area contributed by atoms with E-state index in [9.17, 15) is 19.2 Å². The first kappa shape index (κ1) is 85.1. The number of hydroxylamine groups is 2. The van der Waals surface area contributed by atoms with Crippen LogP contribution in [0.4, 0.5) is 0 Å². The summed E-state index contributed by atoms with van der Waals surface area (Å²) in [6.07, 6.45) is 0.00547. The number of hydrogen-bond acceptors (Lipinski definition) is 30. The Morgan fingerprint density at radius 3 is 0.478 bits per heavy atom. The van der Waals surface area contributed by atoms with Gasteiger partial charge in [0.25, 0.3) is 11.8 Å². The molecular weight excluding hydrogens is 1210 g/mol. The molecule has 1 aliphatic rings. The zero-order valence-electron chi connectivity index (χ0n) is 53.3. The molecule has 2 amide bonds. The number of carboxylic acids is 1. The van der Waals surface area contributed by atoms with E-state index < -0.39 is 23.8 Å². The quantitative estimate of drug-likeness (QED) is 0.0612. The zero-order chi connectivity index (χ0) is 64.5. The Morgan fingerprint density at radius 2 is 0.344 bits per heavy atom. The first-order valence-corrected chi connectivity index (χ1v) is 31.2. The van der Waals surface area contributed by atoms with Gasteiger partial charge in [-0.05, 0) is 0 Å². The zero-order valence-corrected chi connectivity index (χ0v) is 53.3. The molecule has 532 valence electrons. The summed E-state index contributed by atoms with van der Waals surface area (Å²) < 4.78 is 137. The van der Waals surface area contributed by atoms with Gasteiger partial charge in [0.15, 0.2) is 0 Å². The summed E-state index contributed by atoms with van der Waals surface area (Å²) in [5.74, 6) is -2.62. The van der Waals surface area contributed by atoms with Gasteiger partial charge in [-0.25, -0.2) is 4.79 Å². The standard InChI is InChI=1S/C58H109NO31/c60-55-1-2-56(61)59(55)90-58(64)4-6-66-8-10-68-12-14-70-16-18-72-20-22-74-24-26-76-28-30-78-32-34-80-36-38-82-40-42-84-44-46-86-48-50-88-52-54-89-53-51-87-49-47-85-45-43-83-41-39-81-37-35-79-33-31-77-29-27-75-25-23-73-21-19-71-17-15-69-13-11-67-9-7-65-5-3-57(62)63/h1-54H2,(H,62,63). The van der Waals surface area contributed by atoms with Crippen LogP contribution in [0.3, 0.4) is 0 Å². The number of ether oxygens (including phenoxy) is 25. The molecule has 0 radical (unpaired) electrons. The van der Waals surface area contributed by atoms with E-state index in [1.807, 2.05) is 0 Å². The molecule has 1 fully saturated rings. The molecule has 1 rings (SSSR count). The molecule has 1 aliphatic heterocycles. The summed E-state index contributed by atoms with van der Waals surface area (Å²) in [5, 5.41) is 9.04. The smallest absolute Gasteiger partial charge is 0.335 e. The highest BCUT2D eigenvalue weighted by molar-refractivity contribution is 6.01. The topological polar surface area (TPSA) is 332 Å². The molecule has 0 aromatic rings. The molecule has 0 unspecified atom stereocenters. The molecule has 0 spiro atoms. The molecule has 0 aromatic carbocycles. The normalized spacial score (nSPS) is 12.6. The van der Waals surface area contributed by atoms with Crippen molar-refractivity contribution in [1.82, 2.24) is 5.06 Å². The molecule has 32 nitrogen and oxygen atoms in total. The van der Waals surface area contributed by atoms with Crippen LogP contribution in [0.25, 0.3) is 0 Å². The van der Waals surface area contributed by atoms with Crippen molar-refractivity contribution in [3.63, 3.8) is 0 Å². The van der Waals surface area contributed by atoms with Crippen LogP contribution >= 0.6 is 0 Å². The van der Waals surface area contributed by atoms with Crippen LogP contribution < -0.4 is 0 Å². The first-order valence-electron chi connectivity index (χ1n) is 31.2. The summed E-state index contributed by atoms with van der Waals surface area (Å²) in [6.45, 7) is 21.9. The molecule has 1 saturated heterocycles. The number of carbonyl (C=O) groups excluding carboxylic acids is 3. The Morgan fingerprint density at radius 1 is 0.222 bits per heavy atom. The van der Waals surface area contributed by atoms with Crippen LogP contribution in [0.2, 0.25) is 0 Å². The molecule has 90 heavy (non-hydrogen) atoms. The largest absolute Gasteiger partial charge is 0.481 e. The maximum absolute atomic E-state index is 11.7. The number of rotatable bonds is 79. The lowest BCUT2D eigenvalue weighted by atomic mass is 10.4. The summed E-state index contributed by atoms with van der Waals surface area (Å²) in [5.41, 5.74) is 0. The van der Waals surface area contributed by atoms with Gasteiger partial charge in [0, 0.05) is 12.8 Å². The Bertz CT molecular complexity index is 1500. The second kappa shape index (κ2) is 73.5. The Kier molecular flexibility index (Phi) is 69.5. The van der Waals surface area contributed by atoms with E-state index in [4.69, 9.17) is 128 Å². The van der Waals surface area contributed by atoms with Crippen molar-refractivity contribution in [3.8, 4) is 0 Å². The van der Waals surface area contributed by atoms with Gasteiger partial charge in [0.1, 0.15) is 0 Å². The van der Waals surface area contributed by atoms with Gasteiger partial charge >= 0.3 is 11.9 Å². The Hall–Kier alpha value is -2.92. The van der Waals surface area contributed by atoms with E-state index >= 15 is 0 Å². The van der Waals surface area contributed by atoms with Gasteiger partial charge in [-0.3, -0.25) is 14.4 Å². The van der Waals surface area contributed by atoms with Crippen LogP contribution in [0, 0.1) is 0 Å². The Labute approximate surface area is 531 Å². The lowest BCUT2D eigenvalue weighted by Crippen LogP contribution is -2.32. The number of aliphatic carboxylic acids is 1. The van der Waals surface area contributed by atoms with E-state index in [0.29, 0.717) is 316 Å². The molecule has 0 saturated carbocycles. The molecule has 0 atom stereocenters. The number of hydrogen-bond donors (Lipinski definition) is 1. The van der Waals surface area contributed by atoms with Gasteiger partial charge in [0.2, 0.25) is 0 Å². The summed E-state index contributed by atoms with van der Waals surface area (Å²) in [7, 11) is 0. The second-order valence-electron chi connectivity index (χ2n) is 18.2. The lowest BCUT2D eigenvalue weighted by molar-refractivity contribution is -0.198.